The monoisotopic (exact) mass is 324 g/mol. The number of unbranched alkanes of at least 4 members (excludes halogenated alkanes) is 1. The van der Waals surface area contributed by atoms with Gasteiger partial charge in [0.25, 0.3) is 0 Å². The van der Waals surface area contributed by atoms with E-state index in [9.17, 15) is 4.79 Å². The van der Waals surface area contributed by atoms with E-state index in [-0.39, 0.29) is 12.1 Å². The molecule has 2 aromatic rings. The van der Waals surface area contributed by atoms with Crippen molar-refractivity contribution >= 4 is 11.7 Å². The fourth-order valence-electron chi connectivity index (χ4n) is 2.98. The molecule has 126 valence electrons. The molecule has 0 aromatic heterocycles. The lowest BCUT2D eigenvalue weighted by molar-refractivity contribution is 0.249. The zero-order chi connectivity index (χ0) is 16.8. The number of carbonyl (C=O) groups is 1. The van der Waals surface area contributed by atoms with Gasteiger partial charge in [-0.25, -0.2) is 4.79 Å². The van der Waals surface area contributed by atoms with Crippen molar-refractivity contribution < 1.29 is 9.53 Å². The zero-order valence-electron chi connectivity index (χ0n) is 14.0. The molecule has 1 aliphatic carbocycles. The number of carbonyl (C=O) groups excluding carboxylic acids is 1. The minimum atomic E-state index is -0.160. The van der Waals surface area contributed by atoms with Gasteiger partial charge in [0.2, 0.25) is 0 Å². The highest BCUT2D eigenvalue weighted by Gasteiger charge is 2.22. The first-order valence-electron chi connectivity index (χ1n) is 8.62. The van der Waals surface area contributed by atoms with Gasteiger partial charge in [-0.1, -0.05) is 37.6 Å². The van der Waals surface area contributed by atoms with Crippen LogP contribution in [0.15, 0.2) is 48.5 Å². The Hall–Kier alpha value is -2.49. The molecule has 3 rings (SSSR count). The van der Waals surface area contributed by atoms with E-state index in [2.05, 4.69) is 29.7 Å². The Kier molecular flexibility index (Phi) is 5.36. The van der Waals surface area contributed by atoms with Gasteiger partial charge in [-0.15, -0.1) is 0 Å². The van der Waals surface area contributed by atoms with Crippen LogP contribution in [0.3, 0.4) is 0 Å². The van der Waals surface area contributed by atoms with E-state index in [1.165, 1.54) is 11.1 Å². The number of fused-ring (bicyclic) bond motifs is 1. The molecule has 0 saturated carbocycles. The molecule has 0 fully saturated rings. The Morgan fingerprint density at radius 3 is 2.38 bits per heavy atom. The SMILES string of the molecule is CCCCOc1ccc(NC(=O)NC2Cc3ccccc3C2)cc1. The summed E-state index contributed by atoms with van der Waals surface area (Å²) in [6, 6.07) is 15.9. The maximum atomic E-state index is 12.2. The quantitative estimate of drug-likeness (QED) is 0.784. The fourth-order valence-corrected chi connectivity index (χ4v) is 2.98. The van der Waals surface area contributed by atoms with E-state index >= 15 is 0 Å². The second-order valence-electron chi connectivity index (χ2n) is 6.20. The van der Waals surface area contributed by atoms with Gasteiger partial charge in [-0.2, -0.15) is 0 Å². The van der Waals surface area contributed by atoms with Crippen LogP contribution in [0.4, 0.5) is 10.5 Å². The standard InChI is InChI=1S/C20H24N2O2/c1-2-3-12-24-19-10-8-17(9-11-19)21-20(23)22-18-13-15-6-4-5-7-16(15)14-18/h4-11,18H,2-3,12-14H2,1H3,(H2,21,22,23). The fraction of sp³-hybridized carbons (Fsp3) is 0.350. The number of hydrogen-bond acceptors (Lipinski definition) is 2. The van der Waals surface area contributed by atoms with Crippen molar-refractivity contribution in [3.63, 3.8) is 0 Å². The van der Waals surface area contributed by atoms with Crippen LogP contribution in [0.2, 0.25) is 0 Å². The Morgan fingerprint density at radius 2 is 1.75 bits per heavy atom. The van der Waals surface area contributed by atoms with Gasteiger partial charge in [0.15, 0.2) is 0 Å². The molecule has 0 heterocycles. The molecule has 1 aliphatic rings. The lowest BCUT2D eigenvalue weighted by Gasteiger charge is -2.13. The average Bonchev–Trinajstić information content (AvgIpc) is 2.98. The number of anilines is 1. The minimum Gasteiger partial charge on any atom is -0.494 e. The van der Waals surface area contributed by atoms with Crippen LogP contribution >= 0.6 is 0 Å². The normalized spacial score (nSPS) is 13.4. The van der Waals surface area contributed by atoms with Crippen molar-refractivity contribution in [1.82, 2.24) is 5.32 Å². The molecule has 0 spiro atoms. The first kappa shape index (κ1) is 16.4. The van der Waals surface area contributed by atoms with Gasteiger partial charge in [0, 0.05) is 11.7 Å². The number of rotatable bonds is 6. The van der Waals surface area contributed by atoms with Crippen LogP contribution in [0, 0.1) is 0 Å². The summed E-state index contributed by atoms with van der Waals surface area (Å²) in [5, 5.41) is 5.93. The van der Waals surface area contributed by atoms with Gasteiger partial charge in [0.1, 0.15) is 5.75 Å². The third kappa shape index (κ3) is 4.28. The van der Waals surface area contributed by atoms with Crippen LogP contribution in [0.25, 0.3) is 0 Å². The maximum Gasteiger partial charge on any atom is 0.319 e. The average molecular weight is 324 g/mol. The topological polar surface area (TPSA) is 50.4 Å². The van der Waals surface area contributed by atoms with Crippen LogP contribution < -0.4 is 15.4 Å². The minimum absolute atomic E-state index is 0.160. The van der Waals surface area contributed by atoms with Crippen molar-refractivity contribution in [3.8, 4) is 5.75 Å². The molecule has 24 heavy (non-hydrogen) atoms. The molecule has 2 aromatic carbocycles. The number of urea groups is 1. The number of benzene rings is 2. The Bertz CT molecular complexity index is 657. The van der Waals surface area contributed by atoms with E-state index in [1.54, 1.807) is 0 Å². The highest BCUT2D eigenvalue weighted by molar-refractivity contribution is 5.89. The van der Waals surface area contributed by atoms with Gasteiger partial charge >= 0.3 is 6.03 Å². The second kappa shape index (κ2) is 7.86. The molecule has 0 saturated heterocycles. The number of nitrogens with one attached hydrogen (secondary N) is 2. The predicted octanol–water partition coefficient (Wildman–Crippen LogP) is 4.15. The summed E-state index contributed by atoms with van der Waals surface area (Å²) in [6.45, 7) is 2.86. The van der Waals surface area contributed by atoms with E-state index in [0.717, 1.165) is 43.7 Å². The maximum absolute atomic E-state index is 12.2. The predicted molar refractivity (Wildman–Crippen MR) is 96.6 cm³/mol. The highest BCUT2D eigenvalue weighted by atomic mass is 16.5. The molecule has 0 radical (unpaired) electrons. The van der Waals surface area contributed by atoms with E-state index in [0.29, 0.717) is 0 Å². The first-order chi connectivity index (χ1) is 11.7. The lowest BCUT2D eigenvalue weighted by atomic mass is 10.1. The summed E-state index contributed by atoms with van der Waals surface area (Å²) < 4.78 is 5.62. The lowest BCUT2D eigenvalue weighted by Crippen LogP contribution is -2.38. The van der Waals surface area contributed by atoms with Crippen molar-refractivity contribution in [2.75, 3.05) is 11.9 Å². The molecule has 4 nitrogen and oxygen atoms in total. The van der Waals surface area contributed by atoms with Gasteiger partial charge in [-0.3, -0.25) is 0 Å². The van der Waals surface area contributed by atoms with Crippen LogP contribution in [0.5, 0.6) is 5.75 Å². The van der Waals surface area contributed by atoms with Crippen LogP contribution in [0.1, 0.15) is 30.9 Å². The Balaban J connectivity index is 1.47. The molecule has 2 amide bonds. The molecule has 4 heteroatoms. The Morgan fingerprint density at radius 1 is 1.08 bits per heavy atom. The van der Waals surface area contributed by atoms with Gasteiger partial charge in [0.05, 0.1) is 6.61 Å². The van der Waals surface area contributed by atoms with Gasteiger partial charge < -0.3 is 15.4 Å². The third-order valence-electron chi connectivity index (χ3n) is 4.27. The molecule has 2 N–H and O–H groups in total. The van der Waals surface area contributed by atoms with E-state index < -0.39 is 0 Å². The summed E-state index contributed by atoms with van der Waals surface area (Å²) in [7, 11) is 0. The highest BCUT2D eigenvalue weighted by Crippen LogP contribution is 2.22. The molecular formula is C20H24N2O2. The van der Waals surface area contributed by atoms with Crippen LogP contribution in [-0.2, 0) is 12.8 Å². The largest absolute Gasteiger partial charge is 0.494 e. The van der Waals surface area contributed by atoms with Crippen molar-refractivity contribution in [3.05, 3.63) is 59.7 Å². The number of hydrogen-bond donors (Lipinski definition) is 2. The number of ether oxygens (including phenoxy) is 1. The molecule has 0 aliphatic heterocycles. The second-order valence-corrected chi connectivity index (χ2v) is 6.20. The molecular weight excluding hydrogens is 300 g/mol. The molecule has 0 atom stereocenters. The van der Waals surface area contributed by atoms with Crippen molar-refractivity contribution in [1.29, 1.82) is 0 Å². The van der Waals surface area contributed by atoms with Gasteiger partial charge in [-0.05, 0) is 54.7 Å². The first-order valence-corrected chi connectivity index (χ1v) is 8.62. The summed E-state index contributed by atoms with van der Waals surface area (Å²) in [4.78, 5) is 12.2. The summed E-state index contributed by atoms with van der Waals surface area (Å²) in [6.07, 6.45) is 3.96. The Labute approximate surface area is 143 Å². The third-order valence-corrected chi connectivity index (χ3v) is 4.27. The van der Waals surface area contributed by atoms with Crippen molar-refractivity contribution in [2.24, 2.45) is 0 Å². The summed E-state index contributed by atoms with van der Waals surface area (Å²) in [5.41, 5.74) is 3.43. The zero-order valence-corrected chi connectivity index (χ0v) is 14.0. The van der Waals surface area contributed by atoms with E-state index in [4.69, 9.17) is 4.74 Å². The smallest absolute Gasteiger partial charge is 0.319 e. The van der Waals surface area contributed by atoms with E-state index in [1.807, 2.05) is 36.4 Å². The molecule has 0 unspecified atom stereocenters. The van der Waals surface area contributed by atoms with Crippen LogP contribution in [-0.4, -0.2) is 18.7 Å². The van der Waals surface area contributed by atoms with Crippen molar-refractivity contribution in [2.45, 2.75) is 38.6 Å². The molecule has 0 bridgehead atoms. The number of amides is 2. The summed E-state index contributed by atoms with van der Waals surface area (Å²) >= 11 is 0. The summed E-state index contributed by atoms with van der Waals surface area (Å²) in [5.74, 6) is 0.834.